The van der Waals surface area contributed by atoms with Gasteiger partial charge in [0.1, 0.15) is 10.6 Å². The van der Waals surface area contributed by atoms with Gasteiger partial charge < -0.3 is 10.1 Å². The molecule has 2 aromatic carbocycles. The van der Waals surface area contributed by atoms with E-state index in [4.69, 9.17) is 4.74 Å². The maximum absolute atomic E-state index is 12.9. The number of sulfone groups is 1. The Morgan fingerprint density at radius 2 is 1.71 bits per heavy atom. The number of hydrogen-bond acceptors (Lipinski definition) is 6. The van der Waals surface area contributed by atoms with Crippen LogP contribution in [-0.2, 0) is 19.9 Å². The molecule has 0 aliphatic carbocycles. The number of rotatable bonds is 9. The normalized spacial score (nSPS) is 15.0. The van der Waals surface area contributed by atoms with Crippen LogP contribution in [0.2, 0.25) is 0 Å². The largest absolute Gasteiger partial charge is 0.495 e. The topological polar surface area (TPSA) is 110 Å². The maximum Gasteiger partial charge on any atom is 0.251 e. The Labute approximate surface area is 183 Å². The molecule has 1 heterocycles. The van der Waals surface area contributed by atoms with Gasteiger partial charge in [-0.2, -0.15) is 4.31 Å². The Balaban J connectivity index is 1.65. The summed E-state index contributed by atoms with van der Waals surface area (Å²) >= 11 is 0. The summed E-state index contributed by atoms with van der Waals surface area (Å²) in [5.41, 5.74) is 0.171. The first-order valence-corrected chi connectivity index (χ1v) is 13.1. The molecule has 3 rings (SSSR count). The van der Waals surface area contributed by atoms with E-state index in [1.807, 2.05) is 0 Å². The van der Waals surface area contributed by atoms with Crippen LogP contribution in [-0.4, -0.2) is 59.5 Å². The minimum atomic E-state index is -3.76. The summed E-state index contributed by atoms with van der Waals surface area (Å²) < 4.78 is 57.1. The van der Waals surface area contributed by atoms with E-state index in [2.05, 4.69) is 5.32 Å². The fourth-order valence-corrected chi connectivity index (χ4v) is 6.43. The van der Waals surface area contributed by atoms with Crippen molar-refractivity contribution < 1.29 is 26.4 Å². The van der Waals surface area contributed by atoms with Gasteiger partial charge in [-0.3, -0.25) is 4.79 Å². The molecule has 0 saturated carbocycles. The molecule has 1 aliphatic heterocycles. The molecule has 0 bridgehead atoms. The van der Waals surface area contributed by atoms with Crippen molar-refractivity contribution in [3.05, 3.63) is 54.1 Å². The molecule has 10 heteroatoms. The van der Waals surface area contributed by atoms with Crippen molar-refractivity contribution in [3.8, 4) is 5.75 Å². The van der Waals surface area contributed by atoms with Crippen molar-refractivity contribution in [2.24, 2.45) is 0 Å². The summed E-state index contributed by atoms with van der Waals surface area (Å²) in [7, 11) is -5.80. The predicted octanol–water partition coefficient (Wildman–Crippen LogP) is 2.07. The van der Waals surface area contributed by atoms with E-state index in [-0.39, 0.29) is 39.8 Å². The molecule has 31 heavy (non-hydrogen) atoms. The van der Waals surface area contributed by atoms with Crippen LogP contribution in [0.3, 0.4) is 0 Å². The summed E-state index contributed by atoms with van der Waals surface area (Å²) in [4.78, 5) is 12.7. The zero-order chi connectivity index (χ0) is 22.5. The predicted molar refractivity (Wildman–Crippen MR) is 116 cm³/mol. The van der Waals surface area contributed by atoms with E-state index in [1.165, 1.54) is 41.7 Å². The molecule has 1 saturated heterocycles. The SMILES string of the molecule is COc1ccc(C(=O)NCCCS(=O)(=O)c2ccccc2)cc1S(=O)(=O)N1CCCC1. The van der Waals surface area contributed by atoms with Crippen LogP contribution < -0.4 is 10.1 Å². The number of ether oxygens (including phenoxy) is 1. The van der Waals surface area contributed by atoms with Gasteiger partial charge in [-0.05, 0) is 49.6 Å². The van der Waals surface area contributed by atoms with Gasteiger partial charge in [0.05, 0.1) is 17.8 Å². The third-order valence-corrected chi connectivity index (χ3v) is 8.82. The van der Waals surface area contributed by atoms with Gasteiger partial charge in [0.2, 0.25) is 10.0 Å². The van der Waals surface area contributed by atoms with Crippen LogP contribution in [0.25, 0.3) is 0 Å². The van der Waals surface area contributed by atoms with Gasteiger partial charge in [0, 0.05) is 25.2 Å². The van der Waals surface area contributed by atoms with Gasteiger partial charge in [0.25, 0.3) is 5.91 Å². The Bertz CT molecular complexity index is 1130. The smallest absolute Gasteiger partial charge is 0.251 e. The number of sulfonamides is 1. The minimum absolute atomic E-state index is 0.0452. The molecule has 0 radical (unpaired) electrons. The lowest BCUT2D eigenvalue weighted by atomic mass is 10.2. The number of benzene rings is 2. The summed E-state index contributed by atoms with van der Waals surface area (Å²) in [6, 6.07) is 12.4. The van der Waals surface area contributed by atoms with Crippen LogP contribution in [0.5, 0.6) is 5.75 Å². The Kier molecular flexibility index (Phi) is 7.34. The average molecular weight is 467 g/mol. The van der Waals surface area contributed by atoms with E-state index in [1.54, 1.807) is 18.2 Å². The van der Waals surface area contributed by atoms with Crippen molar-refractivity contribution in [2.75, 3.05) is 32.5 Å². The molecule has 0 spiro atoms. The molecule has 1 fully saturated rings. The molecular formula is C21H26N2O6S2. The molecule has 1 aliphatic rings. The van der Waals surface area contributed by atoms with E-state index in [0.717, 1.165) is 12.8 Å². The van der Waals surface area contributed by atoms with Gasteiger partial charge in [0.15, 0.2) is 9.84 Å². The number of nitrogens with zero attached hydrogens (tertiary/aromatic N) is 1. The van der Waals surface area contributed by atoms with E-state index in [9.17, 15) is 21.6 Å². The molecule has 0 unspecified atom stereocenters. The van der Waals surface area contributed by atoms with E-state index < -0.39 is 25.8 Å². The lowest BCUT2D eigenvalue weighted by Gasteiger charge is -2.18. The fourth-order valence-electron chi connectivity index (χ4n) is 3.40. The van der Waals surface area contributed by atoms with Crippen molar-refractivity contribution in [3.63, 3.8) is 0 Å². The van der Waals surface area contributed by atoms with Crippen molar-refractivity contribution in [1.82, 2.24) is 9.62 Å². The second-order valence-electron chi connectivity index (χ2n) is 7.22. The summed E-state index contributed by atoms with van der Waals surface area (Å²) in [6.07, 6.45) is 1.83. The first kappa shape index (κ1) is 23.2. The standard InChI is InChI=1S/C21H26N2O6S2/c1-29-19-11-10-17(16-20(19)31(27,28)23-13-5-6-14-23)21(24)22-12-7-15-30(25,26)18-8-3-2-4-9-18/h2-4,8-11,16H,5-7,12-15H2,1H3,(H,22,24). The highest BCUT2D eigenvalue weighted by Gasteiger charge is 2.30. The van der Waals surface area contributed by atoms with Gasteiger partial charge in [-0.1, -0.05) is 18.2 Å². The lowest BCUT2D eigenvalue weighted by Crippen LogP contribution is -2.29. The van der Waals surface area contributed by atoms with Crippen LogP contribution in [0.4, 0.5) is 0 Å². The molecule has 1 amide bonds. The van der Waals surface area contributed by atoms with E-state index in [0.29, 0.717) is 13.1 Å². The molecular weight excluding hydrogens is 440 g/mol. The number of nitrogens with one attached hydrogen (secondary N) is 1. The zero-order valence-corrected chi connectivity index (χ0v) is 18.9. The first-order chi connectivity index (χ1) is 14.8. The quantitative estimate of drug-likeness (QED) is 0.567. The molecule has 2 aromatic rings. The molecule has 1 N–H and O–H groups in total. The molecule has 0 atom stereocenters. The number of methoxy groups -OCH3 is 1. The van der Waals surface area contributed by atoms with Crippen molar-refractivity contribution in [1.29, 1.82) is 0 Å². The third-order valence-electron chi connectivity index (χ3n) is 5.09. The van der Waals surface area contributed by atoms with Crippen LogP contribution >= 0.6 is 0 Å². The van der Waals surface area contributed by atoms with Crippen LogP contribution in [0.1, 0.15) is 29.6 Å². The Morgan fingerprint density at radius 3 is 2.35 bits per heavy atom. The Morgan fingerprint density at radius 1 is 1.03 bits per heavy atom. The second-order valence-corrected chi connectivity index (χ2v) is 11.2. The Hall–Kier alpha value is -2.43. The summed E-state index contributed by atoms with van der Waals surface area (Å²) in [5, 5.41) is 2.66. The van der Waals surface area contributed by atoms with E-state index >= 15 is 0 Å². The van der Waals surface area contributed by atoms with Crippen LogP contribution in [0.15, 0.2) is 58.3 Å². The monoisotopic (exact) mass is 466 g/mol. The van der Waals surface area contributed by atoms with Gasteiger partial charge in [-0.25, -0.2) is 16.8 Å². The highest BCUT2D eigenvalue weighted by atomic mass is 32.2. The average Bonchev–Trinajstić information content (AvgIpc) is 3.33. The second kappa shape index (κ2) is 9.80. The minimum Gasteiger partial charge on any atom is -0.495 e. The van der Waals surface area contributed by atoms with Crippen molar-refractivity contribution in [2.45, 2.75) is 29.1 Å². The number of carbonyl (C=O) groups is 1. The highest BCUT2D eigenvalue weighted by molar-refractivity contribution is 7.91. The van der Waals surface area contributed by atoms with Crippen LogP contribution in [0, 0.1) is 0 Å². The third kappa shape index (κ3) is 5.44. The molecule has 8 nitrogen and oxygen atoms in total. The maximum atomic E-state index is 12.9. The molecule has 0 aromatic heterocycles. The number of amides is 1. The molecule has 168 valence electrons. The van der Waals surface area contributed by atoms with Crippen molar-refractivity contribution >= 4 is 25.8 Å². The van der Waals surface area contributed by atoms with Gasteiger partial charge >= 0.3 is 0 Å². The number of hydrogen-bond donors (Lipinski definition) is 1. The highest BCUT2D eigenvalue weighted by Crippen LogP contribution is 2.29. The lowest BCUT2D eigenvalue weighted by molar-refractivity contribution is 0.0953. The number of carbonyl (C=O) groups excluding carboxylic acids is 1. The summed E-state index contributed by atoms with van der Waals surface area (Å²) in [5.74, 6) is -0.399. The zero-order valence-electron chi connectivity index (χ0n) is 17.3. The summed E-state index contributed by atoms with van der Waals surface area (Å²) in [6.45, 7) is 1.03. The first-order valence-electron chi connectivity index (χ1n) is 10.00. The van der Waals surface area contributed by atoms with Gasteiger partial charge in [-0.15, -0.1) is 0 Å². The fraction of sp³-hybridized carbons (Fsp3) is 0.381.